The van der Waals surface area contributed by atoms with Gasteiger partial charge in [0, 0.05) is 23.6 Å². The smallest absolute Gasteiger partial charge is 0.306 e. The van der Waals surface area contributed by atoms with Gasteiger partial charge in [0.1, 0.15) is 0 Å². The largest absolute Gasteiger partial charge is 0.466 e. The van der Waals surface area contributed by atoms with Crippen LogP contribution in [0.15, 0.2) is 5.38 Å². The first-order chi connectivity index (χ1) is 9.15. The summed E-state index contributed by atoms with van der Waals surface area (Å²) in [6, 6.07) is 0. The quantitative estimate of drug-likeness (QED) is 0.710. The minimum absolute atomic E-state index is 0.154. The van der Waals surface area contributed by atoms with Gasteiger partial charge in [-0.15, -0.1) is 11.3 Å². The highest BCUT2D eigenvalue weighted by molar-refractivity contribution is 7.99. The number of thioether (sulfide) groups is 1. The maximum Gasteiger partial charge on any atom is 0.306 e. The van der Waals surface area contributed by atoms with Gasteiger partial charge in [0.05, 0.1) is 18.7 Å². The van der Waals surface area contributed by atoms with Crippen LogP contribution >= 0.6 is 23.1 Å². The number of nitrogens with one attached hydrogen (secondary N) is 1. The molecule has 0 aliphatic heterocycles. The van der Waals surface area contributed by atoms with Crippen molar-refractivity contribution >= 4 is 34.2 Å². The number of thiazole rings is 1. The Labute approximate surface area is 123 Å². The molecule has 1 aromatic rings. The Hall–Kier alpha value is -0.750. The number of nitrogens with zero attached hydrogens (tertiary/aromatic N) is 1. The molecule has 0 radical (unpaired) electrons. The van der Waals surface area contributed by atoms with Crippen LogP contribution in [0.4, 0.5) is 5.13 Å². The second-order valence-electron chi connectivity index (χ2n) is 4.21. The van der Waals surface area contributed by atoms with Gasteiger partial charge in [0.15, 0.2) is 5.13 Å². The van der Waals surface area contributed by atoms with Crippen molar-refractivity contribution in [1.29, 1.82) is 0 Å². The molecule has 0 saturated heterocycles. The Bertz CT molecular complexity index is 382. The van der Waals surface area contributed by atoms with Gasteiger partial charge >= 0.3 is 5.97 Å². The van der Waals surface area contributed by atoms with Crippen molar-refractivity contribution in [2.45, 2.75) is 38.4 Å². The molecule has 1 N–H and O–H groups in total. The van der Waals surface area contributed by atoms with E-state index in [1.165, 1.54) is 0 Å². The van der Waals surface area contributed by atoms with E-state index in [0.29, 0.717) is 24.7 Å². The Balaban J connectivity index is 2.26. The third-order valence-electron chi connectivity index (χ3n) is 2.67. The van der Waals surface area contributed by atoms with Gasteiger partial charge in [0.25, 0.3) is 0 Å². The van der Waals surface area contributed by atoms with E-state index in [1.807, 2.05) is 24.1 Å². The van der Waals surface area contributed by atoms with Gasteiger partial charge in [-0.05, 0) is 19.6 Å². The van der Waals surface area contributed by atoms with Crippen molar-refractivity contribution in [3.8, 4) is 0 Å². The van der Waals surface area contributed by atoms with E-state index in [2.05, 4.69) is 23.5 Å². The van der Waals surface area contributed by atoms with Crippen LogP contribution in [0.3, 0.4) is 0 Å². The first-order valence-corrected chi connectivity index (χ1v) is 8.69. The number of hydrogen-bond acceptors (Lipinski definition) is 6. The number of ether oxygens (including phenoxy) is 1. The van der Waals surface area contributed by atoms with E-state index in [-0.39, 0.29) is 5.97 Å². The zero-order chi connectivity index (χ0) is 14.1. The Morgan fingerprint density at radius 1 is 1.63 bits per heavy atom. The molecule has 0 aromatic carbocycles. The fraction of sp³-hybridized carbons (Fsp3) is 0.692. The number of carbonyl (C=O) groups excluding carboxylic acids is 1. The predicted molar refractivity (Wildman–Crippen MR) is 83.2 cm³/mol. The van der Waals surface area contributed by atoms with Gasteiger partial charge in [-0.3, -0.25) is 4.79 Å². The molecule has 19 heavy (non-hydrogen) atoms. The van der Waals surface area contributed by atoms with Gasteiger partial charge in [-0.25, -0.2) is 4.98 Å². The van der Waals surface area contributed by atoms with Crippen LogP contribution < -0.4 is 5.32 Å². The molecule has 0 aliphatic rings. The van der Waals surface area contributed by atoms with Crippen LogP contribution in [0.5, 0.6) is 0 Å². The Morgan fingerprint density at radius 2 is 2.42 bits per heavy atom. The Kier molecular flexibility index (Phi) is 7.90. The highest BCUT2D eigenvalue weighted by Crippen LogP contribution is 2.17. The first-order valence-electron chi connectivity index (χ1n) is 6.52. The highest BCUT2D eigenvalue weighted by atomic mass is 32.2. The molecule has 0 spiro atoms. The van der Waals surface area contributed by atoms with Crippen molar-refractivity contribution < 1.29 is 9.53 Å². The summed E-state index contributed by atoms with van der Waals surface area (Å²) in [4.78, 5) is 15.7. The fourth-order valence-corrected chi connectivity index (χ4v) is 2.59. The Morgan fingerprint density at radius 3 is 3.11 bits per heavy atom. The molecule has 0 aliphatic carbocycles. The maximum absolute atomic E-state index is 11.2. The topological polar surface area (TPSA) is 51.2 Å². The SMILES string of the molecule is CCOC(=O)CCc1csc(NCCC(C)SC)n1. The lowest BCUT2D eigenvalue weighted by Crippen LogP contribution is -2.08. The molecule has 1 atom stereocenters. The summed E-state index contributed by atoms with van der Waals surface area (Å²) < 4.78 is 4.89. The number of hydrogen-bond donors (Lipinski definition) is 1. The molecule has 108 valence electrons. The van der Waals surface area contributed by atoms with Crippen LogP contribution in [0.2, 0.25) is 0 Å². The molecule has 0 bridgehead atoms. The van der Waals surface area contributed by atoms with Crippen molar-refractivity contribution in [2.24, 2.45) is 0 Å². The van der Waals surface area contributed by atoms with Gasteiger partial charge < -0.3 is 10.1 Å². The summed E-state index contributed by atoms with van der Waals surface area (Å²) in [7, 11) is 0. The number of rotatable bonds is 9. The molecule has 0 amide bonds. The molecule has 1 unspecified atom stereocenters. The monoisotopic (exact) mass is 302 g/mol. The highest BCUT2D eigenvalue weighted by Gasteiger charge is 2.06. The molecule has 6 heteroatoms. The number of aryl methyl sites for hydroxylation is 1. The average molecular weight is 302 g/mol. The minimum atomic E-state index is -0.154. The third kappa shape index (κ3) is 6.82. The molecular weight excluding hydrogens is 280 g/mol. The standard InChI is InChI=1S/C13H22N2O2S2/c1-4-17-12(16)6-5-11-9-19-13(15-11)14-8-7-10(2)18-3/h9-10H,4-8H2,1-3H3,(H,14,15). The summed E-state index contributed by atoms with van der Waals surface area (Å²) in [5.74, 6) is -0.154. The summed E-state index contributed by atoms with van der Waals surface area (Å²) in [6.45, 7) is 5.42. The van der Waals surface area contributed by atoms with Crippen LogP contribution in [0.25, 0.3) is 0 Å². The van der Waals surface area contributed by atoms with Crippen molar-refractivity contribution in [3.63, 3.8) is 0 Å². The normalized spacial score (nSPS) is 12.2. The van der Waals surface area contributed by atoms with Gasteiger partial charge in [0.2, 0.25) is 0 Å². The van der Waals surface area contributed by atoms with Crippen LogP contribution in [0, 0.1) is 0 Å². The van der Waals surface area contributed by atoms with Crippen LogP contribution in [0.1, 0.15) is 32.4 Å². The number of anilines is 1. The summed E-state index contributed by atoms with van der Waals surface area (Å²) in [5.41, 5.74) is 0.957. The molecule has 0 fully saturated rings. The zero-order valence-corrected chi connectivity index (χ0v) is 13.4. The van der Waals surface area contributed by atoms with Gasteiger partial charge in [-0.2, -0.15) is 11.8 Å². The lowest BCUT2D eigenvalue weighted by atomic mass is 10.2. The second-order valence-corrected chi connectivity index (χ2v) is 6.35. The molecule has 1 heterocycles. The molecule has 1 aromatic heterocycles. The van der Waals surface area contributed by atoms with E-state index in [9.17, 15) is 4.79 Å². The number of aromatic nitrogens is 1. The number of esters is 1. The fourth-order valence-electron chi connectivity index (χ4n) is 1.47. The first kappa shape index (κ1) is 16.3. The van der Waals surface area contributed by atoms with Crippen molar-refractivity contribution in [3.05, 3.63) is 11.1 Å². The molecule has 4 nitrogen and oxygen atoms in total. The predicted octanol–water partition coefficient (Wildman–Crippen LogP) is 3.19. The summed E-state index contributed by atoms with van der Waals surface area (Å²) >= 11 is 3.47. The lowest BCUT2D eigenvalue weighted by Gasteiger charge is -2.07. The lowest BCUT2D eigenvalue weighted by molar-refractivity contribution is -0.143. The van der Waals surface area contributed by atoms with Crippen LogP contribution in [-0.2, 0) is 16.0 Å². The zero-order valence-electron chi connectivity index (χ0n) is 11.8. The third-order valence-corrected chi connectivity index (χ3v) is 4.56. The summed E-state index contributed by atoms with van der Waals surface area (Å²) in [6.07, 6.45) is 4.30. The maximum atomic E-state index is 11.2. The average Bonchev–Trinajstić information content (AvgIpc) is 2.84. The van der Waals surface area contributed by atoms with Crippen LogP contribution in [-0.4, -0.2) is 35.6 Å². The van der Waals surface area contributed by atoms with Gasteiger partial charge in [-0.1, -0.05) is 6.92 Å². The van der Waals surface area contributed by atoms with E-state index in [0.717, 1.165) is 23.8 Å². The van der Waals surface area contributed by atoms with E-state index >= 15 is 0 Å². The van der Waals surface area contributed by atoms with Crippen molar-refractivity contribution in [1.82, 2.24) is 4.98 Å². The van der Waals surface area contributed by atoms with E-state index in [1.54, 1.807) is 11.3 Å². The number of carbonyl (C=O) groups is 1. The van der Waals surface area contributed by atoms with Crippen molar-refractivity contribution in [2.75, 3.05) is 24.7 Å². The summed E-state index contributed by atoms with van der Waals surface area (Å²) in [5, 5.41) is 6.92. The van der Waals surface area contributed by atoms with E-state index < -0.39 is 0 Å². The minimum Gasteiger partial charge on any atom is -0.466 e. The van der Waals surface area contributed by atoms with E-state index in [4.69, 9.17) is 4.74 Å². The molecule has 1 rings (SSSR count). The second kappa shape index (κ2) is 9.20. The molecule has 0 saturated carbocycles. The molecular formula is C13H22N2O2S2.